The van der Waals surface area contributed by atoms with Crippen LogP contribution in [0.5, 0.6) is 0 Å². The van der Waals surface area contributed by atoms with Crippen molar-refractivity contribution in [1.82, 2.24) is 4.90 Å². The quantitative estimate of drug-likeness (QED) is 0.478. The van der Waals surface area contributed by atoms with Gasteiger partial charge in [-0.3, -0.25) is 14.5 Å². The predicted molar refractivity (Wildman–Crippen MR) is 113 cm³/mol. The molecule has 7 nitrogen and oxygen atoms in total. The van der Waals surface area contributed by atoms with E-state index in [1.165, 1.54) is 30.2 Å². The Kier molecular flexibility index (Phi) is 6.32. The summed E-state index contributed by atoms with van der Waals surface area (Å²) in [6.07, 6.45) is 1.26. The molecule has 154 valence electrons. The van der Waals surface area contributed by atoms with Gasteiger partial charge >= 0.3 is 0 Å². The van der Waals surface area contributed by atoms with Gasteiger partial charge in [0.1, 0.15) is 17.5 Å². The minimum Gasteiger partial charge on any atom is -0.399 e. The predicted octanol–water partition coefficient (Wildman–Crippen LogP) is 2.52. The molecule has 0 bridgehead atoms. The Morgan fingerprint density at radius 1 is 1.13 bits per heavy atom. The number of hydrogen-bond acceptors (Lipinski definition) is 5. The number of benzene rings is 2. The van der Waals surface area contributed by atoms with Crippen molar-refractivity contribution >= 4 is 28.9 Å². The lowest BCUT2D eigenvalue weighted by atomic mass is 10.2. The van der Waals surface area contributed by atoms with Gasteiger partial charge in [-0.25, -0.2) is 4.39 Å². The Bertz CT molecular complexity index is 1000. The van der Waals surface area contributed by atoms with Crippen molar-refractivity contribution in [3.8, 4) is 6.07 Å². The van der Waals surface area contributed by atoms with Crippen LogP contribution in [-0.4, -0.2) is 42.9 Å². The topological polar surface area (TPSA) is 93.7 Å². The van der Waals surface area contributed by atoms with E-state index in [4.69, 9.17) is 5.73 Å². The molecule has 0 atom stereocenters. The average Bonchev–Trinajstić information content (AvgIpc) is 2.74. The van der Waals surface area contributed by atoms with Gasteiger partial charge in [-0.15, -0.1) is 0 Å². The SMILES string of the molecule is CC(=O)N(/C=C(/C#N)C(=O)N1CCN(c2ccc(F)cc2)CC1)c1cccc(N)c1. The average molecular weight is 407 g/mol. The van der Waals surface area contributed by atoms with Crippen LogP contribution in [0.15, 0.2) is 60.3 Å². The third kappa shape index (κ3) is 4.75. The van der Waals surface area contributed by atoms with Crippen LogP contribution in [0.1, 0.15) is 6.92 Å². The van der Waals surface area contributed by atoms with Crippen molar-refractivity contribution in [3.05, 3.63) is 66.1 Å². The van der Waals surface area contributed by atoms with E-state index in [9.17, 15) is 19.2 Å². The van der Waals surface area contributed by atoms with E-state index in [0.717, 1.165) is 5.69 Å². The van der Waals surface area contributed by atoms with Gasteiger partial charge in [-0.05, 0) is 42.5 Å². The fourth-order valence-corrected chi connectivity index (χ4v) is 3.27. The standard InChI is InChI=1S/C22H22FN5O2/c1-16(29)28(21-4-2-3-19(25)13-21)15-17(14-24)22(30)27-11-9-26(10-12-27)20-7-5-18(23)6-8-20/h2-8,13,15H,9-12,25H2,1H3/b17-15-. The summed E-state index contributed by atoms with van der Waals surface area (Å²) in [5, 5.41) is 9.54. The second-order valence-electron chi connectivity index (χ2n) is 6.89. The smallest absolute Gasteiger partial charge is 0.266 e. The summed E-state index contributed by atoms with van der Waals surface area (Å²) >= 11 is 0. The van der Waals surface area contributed by atoms with Crippen LogP contribution in [0.2, 0.25) is 0 Å². The van der Waals surface area contributed by atoms with E-state index in [1.54, 1.807) is 41.3 Å². The van der Waals surface area contributed by atoms with E-state index in [1.807, 2.05) is 11.0 Å². The Balaban J connectivity index is 1.73. The summed E-state index contributed by atoms with van der Waals surface area (Å²) in [5.74, 6) is -1.08. The Morgan fingerprint density at radius 2 is 1.80 bits per heavy atom. The number of nitriles is 1. The van der Waals surface area contributed by atoms with Gasteiger partial charge in [0.25, 0.3) is 5.91 Å². The first-order valence-corrected chi connectivity index (χ1v) is 9.46. The lowest BCUT2D eigenvalue weighted by molar-refractivity contribution is -0.127. The van der Waals surface area contributed by atoms with Gasteiger partial charge in [-0.1, -0.05) is 6.07 Å². The Hall–Kier alpha value is -3.86. The van der Waals surface area contributed by atoms with Gasteiger partial charge < -0.3 is 15.5 Å². The highest BCUT2D eigenvalue weighted by molar-refractivity contribution is 6.01. The van der Waals surface area contributed by atoms with Crippen molar-refractivity contribution < 1.29 is 14.0 Å². The zero-order valence-electron chi connectivity index (χ0n) is 16.6. The maximum atomic E-state index is 13.1. The molecule has 3 rings (SSSR count). The number of hydrogen-bond donors (Lipinski definition) is 1. The molecule has 2 aromatic carbocycles. The van der Waals surface area contributed by atoms with Gasteiger partial charge in [0.2, 0.25) is 5.91 Å². The summed E-state index contributed by atoms with van der Waals surface area (Å²) in [4.78, 5) is 29.8. The van der Waals surface area contributed by atoms with Crippen molar-refractivity contribution in [2.24, 2.45) is 0 Å². The van der Waals surface area contributed by atoms with Crippen LogP contribution in [0.3, 0.4) is 0 Å². The molecule has 2 N–H and O–H groups in total. The summed E-state index contributed by atoms with van der Waals surface area (Å²) in [5.41, 5.74) is 7.47. The first kappa shape index (κ1) is 20.9. The molecule has 0 spiro atoms. The first-order valence-electron chi connectivity index (χ1n) is 9.46. The van der Waals surface area contributed by atoms with E-state index >= 15 is 0 Å². The fraction of sp³-hybridized carbons (Fsp3) is 0.227. The summed E-state index contributed by atoms with van der Waals surface area (Å²) in [7, 11) is 0. The number of anilines is 3. The number of piperazine rings is 1. The molecule has 1 aliphatic rings. The molecule has 2 amide bonds. The molecule has 30 heavy (non-hydrogen) atoms. The van der Waals surface area contributed by atoms with Crippen molar-refractivity contribution in [3.63, 3.8) is 0 Å². The third-order valence-electron chi connectivity index (χ3n) is 4.86. The first-order chi connectivity index (χ1) is 14.4. The van der Waals surface area contributed by atoms with Crippen LogP contribution in [0.4, 0.5) is 21.5 Å². The van der Waals surface area contributed by atoms with E-state index in [0.29, 0.717) is 37.6 Å². The highest BCUT2D eigenvalue weighted by Crippen LogP contribution is 2.21. The maximum absolute atomic E-state index is 13.1. The van der Waals surface area contributed by atoms with Crippen LogP contribution in [0.25, 0.3) is 0 Å². The molecule has 8 heteroatoms. The molecule has 1 saturated heterocycles. The lowest BCUT2D eigenvalue weighted by Crippen LogP contribution is -2.49. The van der Waals surface area contributed by atoms with E-state index in [-0.39, 0.29) is 17.3 Å². The van der Waals surface area contributed by atoms with E-state index in [2.05, 4.69) is 0 Å². The minimum absolute atomic E-state index is 0.136. The zero-order chi connectivity index (χ0) is 21.7. The monoisotopic (exact) mass is 407 g/mol. The lowest BCUT2D eigenvalue weighted by Gasteiger charge is -2.36. The number of amides is 2. The van der Waals surface area contributed by atoms with Crippen LogP contribution in [0, 0.1) is 17.1 Å². The van der Waals surface area contributed by atoms with Gasteiger partial charge in [0, 0.05) is 50.7 Å². The Labute approximate surface area is 174 Å². The molecular weight excluding hydrogens is 385 g/mol. The maximum Gasteiger partial charge on any atom is 0.266 e. The fourth-order valence-electron chi connectivity index (χ4n) is 3.27. The molecular formula is C22H22FN5O2. The minimum atomic E-state index is -0.439. The summed E-state index contributed by atoms with van der Waals surface area (Å²) < 4.78 is 13.1. The largest absolute Gasteiger partial charge is 0.399 e. The van der Waals surface area contributed by atoms with Crippen LogP contribution < -0.4 is 15.5 Å². The molecule has 1 fully saturated rings. The van der Waals surface area contributed by atoms with Gasteiger partial charge in [0.15, 0.2) is 0 Å². The third-order valence-corrected chi connectivity index (χ3v) is 4.86. The Morgan fingerprint density at radius 3 is 2.37 bits per heavy atom. The second kappa shape index (κ2) is 9.09. The van der Waals surface area contributed by atoms with Gasteiger partial charge in [-0.2, -0.15) is 5.26 Å². The molecule has 1 aliphatic heterocycles. The zero-order valence-corrected chi connectivity index (χ0v) is 16.6. The summed E-state index contributed by atoms with van der Waals surface area (Å²) in [6.45, 7) is 3.28. The molecule has 0 saturated carbocycles. The number of nitrogen functional groups attached to an aromatic ring is 1. The molecule has 2 aromatic rings. The molecule has 0 radical (unpaired) electrons. The number of rotatable bonds is 4. The number of halogens is 1. The van der Waals surface area contributed by atoms with Crippen LogP contribution >= 0.6 is 0 Å². The number of carbonyl (C=O) groups excluding carboxylic acids is 2. The van der Waals surface area contributed by atoms with Crippen molar-refractivity contribution in [1.29, 1.82) is 5.26 Å². The van der Waals surface area contributed by atoms with Crippen molar-refractivity contribution in [2.45, 2.75) is 6.92 Å². The highest BCUT2D eigenvalue weighted by Gasteiger charge is 2.25. The molecule has 0 unspecified atom stereocenters. The second-order valence-corrected chi connectivity index (χ2v) is 6.89. The molecule has 0 aromatic heterocycles. The number of nitrogens with two attached hydrogens (primary N) is 1. The van der Waals surface area contributed by atoms with Crippen molar-refractivity contribution in [2.75, 3.05) is 41.7 Å². The summed E-state index contributed by atoms with van der Waals surface area (Å²) in [6, 6.07) is 14.7. The van der Waals surface area contributed by atoms with Crippen LogP contribution in [-0.2, 0) is 9.59 Å². The van der Waals surface area contributed by atoms with E-state index < -0.39 is 5.91 Å². The van der Waals surface area contributed by atoms with Gasteiger partial charge in [0.05, 0.1) is 5.69 Å². The number of carbonyl (C=O) groups is 2. The molecule has 1 heterocycles. The number of nitrogens with zero attached hydrogens (tertiary/aromatic N) is 4. The highest BCUT2D eigenvalue weighted by atomic mass is 19.1. The molecule has 0 aliphatic carbocycles. The normalized spacial score (nSPS) is 14.2.